The molecule has 0 radical (unpaired) electrons. The molecule has 2 aromatic heterocycles. The van der Waals surface area contributed by atoms with E-state index in [1.165, 1.54) is 12.8 Å². The van der Waals surface area contributed by atoms with E-state index in [4.69, 9.17) is 5.73 Å². The predicted octanol–water partition coefficient (Wildman–Crippen LogP) is 1.44. The zero-order valence-electron chi connectivity index (χ0n) is 15.2. The third-order valence-corrected chi connectivity index (χ3v) is 4.78. The summed E-state index contributed by atoms with van der Waals surface area (Å²) < 4.78 is 0. The number of aromatic nitrogens is 4. The van der Waals surface area contributed by atoms with Crippen LogP contribution in [0.1, 0.15) is 30.1 Å². The van der Waals surface area contributed by atoms with E-state index in [1.807, 2.05) is 18.5 Å². The lowest BCUT2D eigenvalue weighted by Gasteiger charge is -2.35. The van der Waals surface area contributed by atoms with Gasteiger partial charge in [0.05, 0.1) is 0 Å². The highest BCUT2D eigenvalue weighted by atomic mass is 127. The first-order valence-electron chi connectivity index (χ1n) is 9.17. The van der Waals surface area contributed by atoms with Gasteiger partial charge in [-0.05, 0) is 30.9 Å². The largest absolute Gasteiger partial charge is 0.370 e. The predicted molar refractivity (Wildman–Crippen MR) is 115 cm³/mol. The zero-order chi connectivity index (χ0) is 17.8. The van der Waals surface area contributed by atoms with E-state index in [2.05, 4.69) is 34.7 Å². The number of nitrogens with two attached hydrogens (primary N) is 1. The Labute approximate surface area is 176 Å². The van der Waals surface area contributed by atoms with E-state index < -0.39 is 0 Å². The fraction of sp³-hybridized carbons (Fsp3) is 0.500. The number of halogens is 1. The van der Waals surface area contributed by atoms with Crippen molar-refractivity contribution in [3.05, 3.63) is 42.2 Å². The second-order valence-corrected chi connectivity index (χ2v) is 6.74. The van der Waals surface area contributed by atoms with E-state index in [0.29, 0.717) is 18.4 Å². The molecule has 144 valence electrons. The third-order valence-electron chi connectivity index (χ3n) is 4.78. The fourth-order valence-corrected chi connectivity index (χ4v) is 3.04. The maximum Gasteiger partial charge on any atom is 0.225 e. The number of anilines is 1. The molecule has 1 saturated carbocycles. The van der Waals surface area contributed by atoms with Crippen LogP contribution in [0.2, 0.25) is 0 Å². The second-order valence-electron chi connectivity index (χ2n) is 6.74. The molecule has 2 aromatic rings. The first-order chi connectivity index (χ1) is 12.8. The Hall–Kier alpha value is -2.04. The molecule has 1 aliphatic heterocycles. The van der Waals surface area contributed by atoms with Crippen LogP contribution in [0, 0.1) is 0 Å². The van der Waals surface area contributed by atoms with Gasteiger partial charge in [0.15, 0.2) is 5.96 Å². The van der Waals surface area contributed by atoms with Crippen LogP contribution in [0.15, 0.2) is 35.8 Å². The summed E-state index contributed by atoms with van der Waals surface area (Å²) in [6.45, 7) is 3.99. The molecule has 1 aliphatic carbocycles. The van der Waals surface area contributed by atoms with Crippen LogP contribution >= 0.6 is 24.0 Å². The molecule has 0 atom stereocenters. The number of aliphatic imine (C=N–C) groups is 1. The van der Waals surface area contributed by atoms with E-state index in [0.717, 1.165) is 49.9 Å². The van der Waals surface area contributed by atoms with Gasteiger partial charge in [-0.1, -0.05) is 0 Å². The van der Waals surface area contributed by atoms with Gasteiger partial charge in [0.2, 0.25) is 5.95 Å². The zero-order valence-corrected chi connectivity index (χ0v) is 17.6. The van der Waals surface area contributed by atoms with Gasteiger partial charge < -0.3 is 15.5 Å². The van der Waals surface area contributed by atoms with E-state index in [-0.39, 0.29) is 24.0 Å². The topological polar surface area (TPSA) is 96.4 Å². The van der Waals surface area contributed by atoms with Crippen molar-refractivity contribution in [3.63, 3.8) is 0 Å². The average molecular weight is 480 g/mol. The summed E-state index contributed by atoms with van der Waals surface area (Å²) in [7, 11) is 0. The first-order valence-corrected chi connectivity index (χ1v) is 9.17. The lowest BCUT2D eigenvalue weighted by Crippen LogP contribution is -2.51. The number of guanidine groups is 1. The lowest BCUT2D eigenvalue weighted by atomic mass is 10.2. The number of hydrogen-bond donors (Lipinski definition) is 1. The molecule has 27 heavy (non-hydrogen) atoms. The van der Waals surface area contributed by atoms with Gasteiger partial charge in [-0.2, -0.15) is 0 Å². The van der Waals surface area contributed by atoms with Crippen LogP contribution in [-0.2, 0) is 6.42 Å². The molecule has 0 amide bonds. The molecular weight excluding hydrogens is 455 g/mol. The van der Waals surface area contributed by atoms with Crippen molar-refractivity contribution >= 4 is 35.9 Å². The minimum atomic E-state index is 0. The highest BCUT2D eigenvalue weighted by Gasteiger charge is 2.26. The van der Waals surface area contributed by atoms with Gasteiger partial charge in [0.25, 0.3) is 0 Å². The fourth-order valence-electron chi connectivity index (χ4n) is 3.04. The molecule has 0 bridgehead atoms. The van der Waals surface area contributed by atoms with Crippen LogP contribution in [0.5, 0.6) is 0 Å². The maximum atomic E-state index is 6.16. The number of piperazine rings is 1. The molecule has 4 rings (SSSR count). The van der Waals surface area contributed by atoms with E-state index in [1.54, 1.807) is 12.4 Å². The molecule has 0 unspecified atom stereocenters. The highest BCUT2D eigenvalue weighted by Crippen LogP contribution is 2.37. The Morgan fingerprint density at radius 1 is 1.04 bits per heavy atom. The van der Waals surface area contributed by atoms with Crippen LogP contribution < -0.4 is 10.6 Å². The molecule has 0 spiro atoms. The Morgan fingerprint density at radius 3 is 2.33 bits per heavy atom. The van der Waals surface area contributed by atoms with Crippen LogP contribution in [0.25, 0.3) is 0 Å². The van der Waals surface area contributed by atoms with Crippen LogP contribution in [-0.4, -0.2) is 63.5 Å². The monoisotopic (exact) mass is 480 g/mol. The van der Waals surface area contributed by atoms with Crippen molar-refractivity contribution in [2.75, 3.05) is 37.6 Å². The van der Waals surface area contributed by atoms with Crippen molar-refractivity contribution in [2.45, 2.75) is 25.2 Å². The van der Waals surface area contributed by atoms with Crippen molar-refractivity contribution in [3.8, 4) is 0 Å². The minimum Gasteiger partial charge on any atom is -0.370 e. The summed E-state index contributed by atoms with van der Waals surface area (Å²) in [5.41, 5.74) is 7.27. The van der Waals surface area contributed by atoms with Crippen molar-refractivity contribution in [1.82, 2.24) is 24.8 Å². The number of hydrogen-bond acceptors (Lipinski definition) is 6. The summed E-state index contributed by atoms with van der Waals surface area (Å²) in [5, 5.41) is 0. The summed E-state index contributed by atoms with van der Waals surface area (Å²) in [4.78, 5) is 26.3. The quantitative estimate of drug-likeness (QED) is 0.393. The molecule has 1 saturated heterocycles. The molecule has 2 N–H and O–H groups in total. The molecule has 3 heterocycles. The summed E-state index contributed by atoms with van der Waals surface area (Å²) in [5.74, 6) is 2.96. The van der Waals surface area contributed by atoms with Gasteiger partial charge in [-0.15, -0.1) is 24.0 Å². The maximum absolute atomic E-state index is 6.16. The lowest BCUT2D eigenvalue weighted by molar-refractivity contribution is 0.378. The van der Waals surface area contributed by atoms with Crippen molar-refractivity contribution < 1.29 is 0 Å². The molecule has 9 heteroatoms. The second kappa shape index (κ2) is 9.25. The highest BCUT2D eigenvalue weighted by molar-refractivity contribution is 14.0. The first kappa shape index (κ1) is 19.7. The molecule has 8 nitrogen and oxygen atoms in total. The van der Waals surface area contributed by atoms with Gasteiger partial charge in [0.1, 0.15) is 5.82 Å². The molecule has 2 aliphatic rings. The normalized spacial score (nSPS) is 17.6. The summed E-state index contributed by atoms with van der Waals surface area (Å²) in [6, 6.07) is 1.83. The summed E-state index contributed by atoms with van der Waals surface area (Å²) >= 11 is 0. The molecule has 0 aromatic carbocycles. The van der Waals surface area contributed by atoms with Crippen LogP contribution in [0.4, 0.5) is 5.95 Å². The Balaban J connectivity index is 0.00000210. The number of nitrogens with zero attached hydrogens (tertiary/aromatic N) is 7. The van der Waals surface area contributed by atoms with E-state index in [9.17, 15) is 0 Å². The Morgan fingerprint density at radius 2 is 1.70 bits per heavy atom. The molecular formula is C18H25IN8. The Kier molecular flexibility index (Phi) is 6.75. The number of rotatable bonds is 5. The Bertz CT molecular complexity index is 740. The van der Waals surface area contributed by atoms with Crippen molar-refractivity contribution in [2.24, 2.45) is 10.7 Å². The standard InChI is InChI=1S/C18H24N8.HI/c19-17(20-7-4-14-12-23-16(24-13-14)15-2-3-15)25-8-10-26(11-9-25)18-21-5-1-6-22-18;/h1,5-6,12-13,15H,2-4,7-11H2,(H2,19,20);1H. The minimum absolute atomic E-state index is 0. The van der Waals surface area contributed by atoms with Gasteiger partial charge in [-0.25, -0.2) is 19.9 Å². The third kappa shape index (κ3) is 5.24. The van der Waals surface area contributed by atoms with Gasteiger partial charge >= 0.3 is 0 Å². The van der Waals surface area contributed by atoms with Gasteiger partial charge in [0, 0.05) is 63.4 Å². The van der Waals surface area contributed by atoms with Crippen molar-refractivity contribution in [1.29, 1.82) is 0 Å². The average Bonchev–Trinajstić information content (AvgIpc) is 3.55. The van der Waals surface area contributed by atoms with Gasteiger partial charge in [-0.3, -0.25) is 4.99 Å². The summed E-state index contributed by atoms with van der Waals surface area (Å²) in [6.07, 6.45) is 10.6. The smallest absolute Gasteiger partial charge is 0.225 e. The molecule has 2 fully saturated rings. The SMILES string of the molecule is I.NC(=NCCc1cnc(C2CC2)nc1)N1CCN(c2ncccn2)CC1. The van der Waals surface area contributed by atoms with E-state index >= 15 is 0 Å². The van der Waals surface area contributed by atoms with Crippen LogP contribution in [0.3, 0.4) is 0 Å².